The summed E-state index contributed by atoms with van der Waals surface area (Å²) in [5.41, 5.74) is 2.77. The quantitative estimate of drug-likeness (QED) is 0.568. The average molecular weight is 318 g/mol. The zero-order valence-corrected chi connectivity index (χ0v) is 13.4. The predicted molar refractivity (Wildman–Crippen MR) is 89.1 cm³/mol. The van der Waals surface area contributed by atoms with Gasteiger partial charge in [-0.2, -0.15) is 0 Å². The Balaban J connectivity index is 2.44. The fraction of sp³-hybridized carbons (Fsp3) is 0.300. The van der Waals surface area contributed by atoms with Gasteiger partial charge in [-0.1, -0.05) is 42.0 Å². The Morgan fingerprint density at radius 2 is 1.87 bits per heavy atom. The monoisotopic (exact) mass is 318 g/mol. The highest BCUT2D eigenvalue weighted by Crippen LogP contribution is 2.34. The molecule has 0 bridgehead atoms. The van der Waals surface area contributed by atoms with E-state index in [4.69, 9.17) is 0 Å². The van der Waals surface area contributed by atoms with Crippen molar-refractivity contribution in [3.05, 3.63) is 83.0 Å². The second kappa shape index (κ2) is 8.00. The van der Waals surface area contributed by atoms with Crippen LogP contribution in [-0.2, 0) is 0 Å². The molecular weight excluding hydrogens is 297 g/mol. The van der Waals surface area contributed by atoms with E-state index < -0.39 is 6.17 Å². The Kier molecular flexibility index (Phi) is 6.03. The molecule has 2 atom stereocenters. The molecule has 0 heterocycles. The lowest BCUT2D eigenvalue weighted by atomic mass is 9.84. The molecule has 1 aliphatic carbocycles. The summed E-state index contributed by atoms with van der Waals surface area (Å²) in [5.74, 6) is -0.730. The molecule has 0 fully saturated rings. The Morgan fingerprint density at radius 3 is 2.52 bits per heavy atom. The van der Waals surface area contributed by atoms with Gasteiger partial charge in [-0.15, -0.1) is 0 Å². The van der Waals surface area contributed by atoms with Crippen LogP contribution in [-0.4, -0.2) is 6.17 Å². The summed E-state index contributed by atoms with van der Waals surface area (Å²) >= 11 is 0. The van der Waals surface area contributed by atoms with Crippen molar-refractivity contribution in [1.29, 1.82) is 0 Å². The lowest BCUT2D eigenvalue weighted by Gasteiger charge is -2.20. The van der Waals surface area contributed by atoms with Crippen LogP contribution in [0.2, 0.25) is 0 Å². The molecular formula is C20H21F3. The van der Waals surface area contributed by atoms with E-state index in [1.165, 1.54) is 25.1 Å². The first-order valence-electron chi connectivity index (χ1n) is 7.75. The lowest BCUT2D eigenvalue weighted by molar-refractivity contribution is 0.382. The molecule has 0 N–H and O–H groups in total. The van der Waals surface area contributed by atoms with E-state index >= 15 is 0 Å². The first-order chi connectivity index (χ1) is 11.0. The van der Waals surface area contributed by atoms with Gasteiger partial charge in [0.1, 0.15) is 12.0 Å². The van der Waals surface area contributed by atoms with Crippen LogP contribution in [0.25, 0.3) is 0 Å². The van der Waals surface area contributed by atoms with Crippen LogP contribution in [0.3, 0.4) is 0 Å². The van der Waals surface area contributed by atoms with Crippen molar-refractivity contribution in [3.8, 4) is 0 Å². The van der Waals surface area contributed by atoms with Gasteiger partial charge in [-0.05, 0) is 56.0 Å². The fourth-order valence-corrected chi connectivity index (χ4v) is 2.72. The lowest BCUT2D eigenvalue weighted by Crippen LogP contribution is -2.03. The molecule has 1 aliphatic rings. The molecule has 2 unspecified atom stereocenters. The third-order valence-electron chi connectivity index (χ3n) is 3.89. The normalized spacial score (nSPS) is 20.9. The topological polar surface area (TPSA) is 0 Å². The van der Waals surface area contributed by atoms with E-state index in [2.05, 4.69) is 0 Å². The van der Waals surface area contributed by atoms with Crippen molar-refractivity contribution in [3.63, 3.8) is 0 Å². The summed E-state index contributed by atoms with van der Waals surface area (Å²) in [6, 6.07) is 6.25. The largest absolute Gasteiger partial charge is 0.243 e. The fourth-order valence-electron chi connectivity index (χ4n) is 2.72. The average Bonchev–Trinajstić information content (AvgIpc) is 2.72. The SMILES string of the molecule is C/C(F)=C\C=C(/C)C(C1=CCCC(F)C=C1)c1ccc(F)cc1. The highest BCUT2D eigenvalue weighted by atomic mass is 19.1. The summed E-state index contributed by atoms with van der Waals surface area (Å²) in [7, 11) is 0. The van der Waals surface area contributed by atoms with Gasteiger partial charge in [0, 0.05) is 5.92 Å². The molecule has 3 heteroatoms. The maximum atomic E-state index is 13.5. The molecule has 0 radical (unpaired) electrons. The van der Waals surface area contributed by atoms with Gasteiger partial charge in [0.15, 0.2) is 0 Å². The molecule has 1 aromatic rings. The van der Waals surface area contributed by atoms with Crippen LogP contribution in [0.15, 0.2) is 71.6 Å². The maximum absolute atomic E-state index is 13.5. The van der Waals surface area contributed by atoms with Gasteiger partial charge in [-0.3, -0.25) is 0 Å². The standard InChI is InChI=1S/C20H21F3/c1-14(6-7-15(2)21)20(17-9-12-19(23)13-10-17)16-4-3-5-18(22)11-8-16/h4,6-13,18,20H,3,5H2,1-2H3/b14-6+,15-7+. The minimum atomic E-state index is -0.949. The van der Waals surface area contributed by atoms with Crippen LogP contribution in [0.4, 0.5) is 13.2 Å². The van der Waals surface area contributed by atoms with E-state index in [0.717, 1.165) is 16.7 Å². The third kappa shape index (κ3) is 4.98. The number of alkyl halides is 1. The van der Waals surface area contributed by atoms with Crippen LogP contribution in [0, 0.1) is 5.82 Å². The first-order valence-corrected chi connectivity index (χ1v) is 7.75. The highest BCUT2D eigenvalue weighted by molar-refractivity contribution is 5.44. The predicted octanol–water partition coefficient (Wildman–Crippen LogP) is 6.34. The van der Waals surface area contributed by atoms with Crippen molar-refractivity contribution < 1.29 is 13.2 Å². The first kappa shape index (κ1) is 17.3. The second-order valence-electron chi connectivity index (χ2n) is 5.81. The molecule has 0 nitrogen and oxygen atoms in total. The molecule has 0 saturated heterocycles. The maximum Gasteiger partial charge on any atom is 0.123 e. The Labute approximate surface area is 135 Å². The summed E-state index contributed by atoms with van der Waals surface area (Å²) in [5, 5.41) is 0. The van der Waals surface area contributed by atoms with Gasteiger partial charge in [0.2, 0.25) is 0 Å². The molecule has 0 aromatic heterocycles. The zero-order valence-electron chi connectivity index (χ0n) is 13.4. The third-order valence-corrected chi connectivity index (χ3v) is 3.89. The van der Waals surface area contributed by atoms with Gasteiger partial charge in [-0.25, -0.2) is 13.2 Å². The summed E-state index contributed by atoms with van der Waals surface area (Å²) < 4.78 is 39.8. The van der Waals surface area contributed by atoms with Crippen molar-refractivity contribution in [2.75, 3.05) is 0 Å². The Morgan fingerprint density at radius 1 is 1.17 bits per heavy atom. The minimum absolute atomic E-state index is 0.146. The molecule has 122 valence electrons. The van der Waals surface area contributed by atoms with Crippen LogP contribution in [0.1, 0.15) is 38.2 Å². The molecule has 2 rings (SSSR count). The van der Waals surface area contributed by atoms with Gasteiger partial charge >= 0.3 is 0 Å². The van der Waals surface area contributed by atoms with E-state index in [0.29, 0.717) is 12.8 Å². The summed E-state index contributed by atoms with van der Waals surface area (Å²) in [6.07, 6.45) is 8.63. The molecule has 0 amide bonds. The van der Waals surface area contributed by atoms with Crippen molar-refractivity contribution in [2.45, 2.75) is 38.8 Å². The molecule has 0 spiro atoms. The number of halogens is 3. The van der Waals surface area contributed by atoms with Gasteiger partial charge < -0.3 is 0 Å². The molecule has 0 saturated carbocycles. The Bertz CT molecular complexity index is 644. The van der Waals surface area contributed by atoms with E-state index in [-0.39, 0.29) is 17.6 Å². The second-order valence-corrected chi connectivity index (χ2v) is 5.81. The van der Waals surface area contributed by atoms with Crippen LogP contribution >= 0.6 is 0 Å². The van der Waals surface area contributed by atoms with Crippen LogP contribution < -0.4 is 0 Å². The molecule has 1 aromatic carbocycles. The van der Waals surface area contributed by atoms with Crippen molar-refractivity contribution in [1.82, 2.24) is 0 Å². The summed E-state index contributed by atoms with van der Waals surface area (Å²) in [6.45, 7) is 3.29. The number of hydrogen-bond acceptors (Lipinski definition) is 0. The number of rotatable bonds is 4. The zero-order chi connectivity index (χ0) is 16.8. The van der Waals surface area contributed by atoms with Gasteiger partial charge in [0.25, 0.3) is 0 Å². The van der Waals surface area contributed by atoms with E-state index in [9.17, 15) is 13.2 Å². The highest BCUT2D eigenvalue weighted by Gasteiger charge is 2.19. The number of hydrogen-bond donors (Lipinski definition) is 0. The molecule has 0 aliphatic heterocycles. The van der Waals surface area contributed by atoms with Crippen LogP contribution in [0.5, 0.6) is 0 Å². The number of benzene rings is 1. The molecule has 23 heavy (non-hydrogen) atoms. The van der Waals surface area contributed by atoms with E-state index in [1.807, 2.05) is 13.0 Å². The van der Waals surface area contributed by atoms with Gasteiger partial charge in [0.05, 0.1) is 5.83 Å². The van der Waals surface area contributed by atoms with Crippen molar-refractivity contribution >= 4 is 0 Å². The smallest absolute Gasteiger partial charge is 0.123 e. The van der Waals surface area contributed by atoms with E-state index in [1.54, 1.807) is 30.4 Å². The number of allylic oxidation sites excluding steroid dienone is 8. The summed E-state index contributed by atoms with van der Waals surface area (Å²) in [4.78, 5) is 0. The Hall–Kier alpha value is -2.03. The minimum Gasteiger partial charge on any atom is -0.243 e. The van der Waals surface area contributed by atoms with Crippen molar-refractivity contribution in [2.24, 2.45) is 0 Å².